The third-order valence-corrected chi connectivity index (χ3v) is 2.90. The summed E-state index contributed by atoms with van der Waals surface area (Å²) in [7, 11) is 0. The molecule has 1 saturated carbocycles. The van der Waals surface area contributed by atoms with Gasteiger partial charge in [0.2, 0.25) is 0 Å². The highest BCUT2D eigenvalue weighted by Gasteiger charge is 2.26. The summed E-state index contributed by atoms with van der Waals surface area (Å²) in [6, 6.07) is 3.23. The molecule has 5 heteroatoms. The molecular formula is C12H12FN3O. The molecule has 1 N–H and O–H groups in total. The van der Waals surface area contributed by atoms with E-state index >= 15 is 0 Å². The van der Waals surface area contributed by atoms with Crippen molar-refractivity contribution in [1.29, 1.82) is 0 Å². The minimum Gasteiger partial charge on any atom is -0.392 e. The van der Waals surface area contributed by atoms with Crippen molar-refractivity contribution in [3.05, 3.63) is 41.6 Å². The van der Waals surface area contributed by atoms with Crippen LogP contribution in [0.25, 0.3) is 5.82 Å². The van der Waals surface area contributed by atoms with Crippen LogP contribution in [0.3, 0.4) is 0 Å². The van der Waals surface area contributed by atoms with E-state index in [4.69, 9.17) is 0 Å². The monoisotopic (exact) mass is 233 g/mol. The van der Waals surface area contributed by atoms with Crippen molar-refractivity contribution in [1.82, 2.24) is 14.8 Å². The molecule has 17 heavy (non-hydrogen) atoms. The van der Waals surface area contributed by atoms with E-state index in [1.54, 1.807) is 10.9 Å². The maximum atomic E-state index is 13.0. The van der Waals surface area contributed by atoms with E-state index in [1.165, 1.54) is 18.9 Å². The van der Waals surface area contributed by atoms with E-state index in [2.05, 4.69) is 10.1 Å². The van der Waals surface area contributed by atoms with Gasteiger partial charge in [-0.05, 0) is 25.0 Å². The molecular weight excluding hydrogens is 221 g/mol. The van der Waals surface area contributed by atoms with Gasteiger partial charge in [-0.2, -0.15) is 5.10 Å². The van der Waals surface area contributed by atoms with Crippen molar-refractivity contribution < 1.29 is 9.50 Å². The summed E-state index contributed by atoms with van der Waals surface area (Å²) in [5.41, 5.74) is 1.48. The molecule has 2 aromatic rings. The van der Waals surface area contributed by atoms with Crippen LogP contribution >= 0.6 is 0 Å². The number of hydrogen-bond acceptors (Lipinski definition) is 3. The first-order chi connectivity index (χ1) is 8.28. The molecule has 0 radical (unpaired) electrons. The van der Waals surface area contributed by atoms with Gasteiger partial charge in [0.25, 0.3) is 0 Å². The predicted molar refractivity (Wildman–Crippen MR) is 59.2 cm³/mol. The zero-order chi connectivity index (χ0) is 11.8. The highest BCUT2D eigenvalue weighted by Crippen LogP contribution is 2.39. The summed E-state index contributed by atoms with van der Waals surface area (Å²) in [5, 5.41) is 13.6. The van der Waals surface area contributed by atoms with Crippen LogP contribution in [0, 0.1) is 5.82 Å². The molecule has 0 amide bonds. The van der Waals surface area contributed by atoms with Crippen molar-refractivity contribution in [2.75, 3.05) is 0 Å². The van der Waals surface area contributed by atoms with Crippen LogP contribution in [0.15, 0.2) is 24.5 Å². The second-order valence-electron chi connectivity index (χ2n) is 4.25. The molecule has 0 atom stereocenters. The van der Waals surface area contributed by atoms with E-state index < -0.39 is 5.82 Å². The number of aliphatic hydroxyl groups is 1. The van der Waals surface area contributed by atoms with Gasteiger partial charge < -0.3 is 5.11 Å². The van der Waals surface area contributed by atoms with E-state index in [0.717, 1.165) is 11.9 Å². The van der Waals surface area contributed by atoms with Gasteiger partial charge >= 0.3 is 0 Å². The van der Waals surface area contributed by atoms with Crippen LogP contribution in [0.4, 0.5) is 4.39 Å². The number of aliphatic hydroxyl groups excluding tert-OH is 1. The van der Waals surface area contributed by atoms with Gasteiger partial charge in [-0.3, -0.25) is 0 Å². The second-order valence-corrected chi connectivity index (χ2v) is 4.25. The molecule has 88 valence electrons. The maximum absolute atomic E-state index is 13.0. The predicted octanol–water partition coefficient (Wildman–Crippen LogP) is 1.78. The van der Waals surface area contributed by atoms with E-state index in [1.807, 2.05) is 6.07 Å². The average Bonchev–Trinajstić information content (AvgIpc) is 3.08. The van der Waals surface area contributed by atoms with Crippen LogP contribution in [-0.2, 0) is 6.61 Å². The number of aromatic nitrogens is 3. The Kier molecular flexibility index (Phi) is 2.40. The lowest BCUT2D eigenvalue weighted by molar-refractivity contribution is 0.280. The number of halogens is 1. The molecule has 0 saturated heterocycles. The lowest BCUT2D eigenvalue weighted by Crippen LogP contribution is -2.04. The summed E-state index contributed by atoms with van der Waals surface area (Å²) in [6.45, 7) is -0.251. The fourth-order valence-corrected chi connectivity index (χ4v) is 1.85. The Morgan fingerprint density at radius 3 is 3.00 bits per heavy atom. The molecule has 4 nitrogen and oxygen atoms in total. The van der Waals surface area contributed by atoms with Gasteiger partial charge in [-0.15, -0.1) is 0 Å². The topological polar surface area (TPSA) is 50.9 Å². The minimum atomic E-state index is -0.452. The van der Waals surface area contributed by atoms with Crippen LogP contribution in [0.2, 0.25) is 0 Å². The van der Waals surface area contributed by atoms with Gasteiger partial charge in [-0.1, -0.05) is 0 Å². The van der Waals surface area contributed by atoms with Crippen molar-refractivity contribution >= 4 is 0 Å². The molecule has 1 aliphatic carbocycles. The molecule has 0 aromatic carbocycles. The normalized spacial score (nSPS) is 15.2. The molecule has 0 bridgehead atoms. The maximum Gasteiger partial charge on any atom is 0.158 e. The molecule has 1 aliphatic rings. The zero-order valence-corrected chi connectivity index (χ0v) is 9.17. The third-order valence-electron chi connectivity index (χ3n) is 2.90. The summed E-state index contributed by atoms with van der Waals surface area (Å²) in [5.74, 6) is 0.599. The summed E-state index contributed by atoms with van der Waals surface area (Å²) < 4.78 is 14.6. The highest BCUT2D eigenvalue weighted by atomic mass is 19.1. The van der Waals surface area contributed by atoms with Crippen molar-refractivity contribution in [2.24, 2.45) is 0 Å². The van der Waals surface area contributed by atoms with Crippen molar-refractivity contribution in [3.8, 4) is 5.82 Å². The fourth-order valence-electron chi connectivity index (χ4n) is 1.85. The zero-order valence-electron chi connectivity index (χ0n) is 9.17. The van der Waals surface area contributed by atoms with E-state index in [9.17, 15) is 9.50 Å². The standard InChI is InChI=1S/C12H12FN3O/c13-10-5-9(7-17)12(14-6-10)16-4-3-11(15-16)8-1-2-8/h3-6,8,17H,1-2,7H2. The van der Waals surface area contributed by atoms with Crippen LogP contribution in [0.1, 0.15) is 30.0 Å². The van der Waals surface area contributed by atoms with Gasteiger partial charge in [0.15, 0.2) is 5.82 Å². The molecule has 3 rings (SSSR count). The Balaban J connectivity index is 2.01. The van der Waals surface area contributed by atoms with Crippen LogP contribution < -0.4 is 0 Å². The second kappa shape index (κ2) is 3.92. The number of nitrogens with zero attached hydrogens (tertiary/aromatic N) is 3. The fraction of sp³-hybridized carbons (Fsp3) is 0.333. The molecule has 0 unspecified atom stereocenters. The summed E-state index contributed by atoms with van der Waals surface area (Å²) >= 11 is 0. The minimum absolute atomic E-state index is 0.251. The van der Waals surface area contributed by atoms with E-state index in [-0.39, 0.29) is 6.61 Å². The summed E-state index contributed by atoms with van der Waals surface area (Å²) in [4.78, 5) is 3.98. The summed E-state index contributed by atoms with van der Waals surface area (Å²) in [6.07, 6.45) is 5.29. The first kappa shape index (κ1) is 10.4. The Labute approximate surface area is 97.7 Å². The average molecular weight is 233 g/mol. The first-order valence-corrected chi connectivity index (χ1v) is 5.59. The van der Waals surface area contributed by atoms with E-state index in [0.29, 0.717) is 17.3 Å². The Morgan fingerprint density at radius 1 is 1.47 bits per heavy atom. The highest BCUT2D eigenvalue weighted by molar-refractivity contribution is 5.33. The van der Waals surface area contributed by atoms with Gasteiger partial charge in [0, 0.05) is 17.7 Å². The molecule has 1 fully saturated rings. The molecule has 2 aromatic heterocycles. The van der Waals surface area contributed by atoms with Gasteiger partial charge in [0.1, 0.15) is 5.82 Å². The van der Waals surface area contributed by atoms with Crippen molar-refractivity contribution in [3.63, 3.8) is 0 Å². The smallest absolute Gasteiger partial charge is 0.158 e. The third kappa shape index (κ3) is 1.93. The number of pyridine rings is 1. The lowest BCUT2D eigenvalue weighted by Gasteiger charge is -2.05. The lowest BCUT2D eigenvalue weighted by atomic mass is 10.2. The Bertz CT molecular complexity index is 548. The van der Waals surface area contributed by atoms with Crippen molar-refractivity contribution in [2.45, 2.75) is 25.4 Å². The number of hydrogen-bond donors (Lipinski definition) is 1. The molecule has 0 aliphatic heterocycles. The SMILES string of the molecule is OCc1cc(F)cnc1-n1ccc(C2CC2)n1. The largest absolute Gasteiger partial charge is 0.392 e. The Hall–Kier alpha value is -1.75. The first-order valence-electron chi connectivity index (χ1n) is 5.59. The van der Waals surface area contributed by atoms with Gasteiger partial charge in [-0.25, -0.2) is 14.1 Å². The molecule has 2 heterocycles. The molecule has 0 spiro atoms. The van der Waals surface area contributed by atoms with Gasteiger partial charge in [0.05, 0.1) is 18.5 Å². The Morgan fingerprint density at radius 2 is 2.29 bits per heavy atom. The number of rotatable bonds is 3. The van der Waals surface area contributed by atoms with Crippen LogP contribution in [0.5, 0.6) is 0 Å². The quantitative estimate of drug-likeness (QED) is 0.879. The van der Waals surface area contributed by atoms with Crippen LogP contribution in [-0.4, -0.2) is 19.9 Å².